The summed E-state index contributed by atoms with van der Waals surface area (Å²) >= 11 is 0. The first-order valence-electron chi connectivity index (χ1n) is 17.9. The van der Waals surface area contributed by atoms with Crippen LogP contribution in [0.3, 0.4) is 0 Å². The maximum absolute atomic E-state index is 2.56. The van der Waals surface area contributed by atoms with E-state index in [1.54, 1.807) is 0 Å². The fraction of sp³-hybridized carbons (Fsp3) is 0.944. The van der Waals surface area contributed by atoms with Crippen molar-refractivity contribution in [2.75, 3.05) is 65.4 Å². The van der Waals surface area contributed by atoms with Gasteiger partial charge in [0.2, 0.25) is 0 Å². The van der Waals surface area contributed by atoms with E-state index < -0.39 is 0 Å². The highest BCUT2D eigenvalue weighted by molar-refractivity contribution is 4.96. The lowest BCUT2D eigenvalue weighted by Crippen LogP contribution is -2.41. The van der Waals surface area contributed by atoms with Crippen molar-refractivity contribution in [3.05, 3.63) is 12.2 Å². The van der Waals surface area contributed by atoms with Crippen molar-refractivity contribution in [3.8, 4) is 0 Å². The summed E-state index contributed by atoms with van der Waals surface area (Å²) in [6.07, 6.45) is 17.2. The van der Waals surface area contributed by atoms with Crippen LogP contribution in [-0.4, -0.2) is 120 Å². The van der Waals surface area contributed by atoms with Crippen LogP contribution < -0.4 is 0 Å². The maximum atomic E-state index is 2.56. The SMILES string of the molecule is CC(C)N1CC=CC1.CC(C)N1CCC1.CC(C)N1CCCC1.CC(C)N1CCCCC1.CC(C)N1CCCCC1. The standard InChI is InChI=1S/2C8H17N.C7H15N.C7H13N.C6H13N/c2*1-8(2)9-6-4-3-5-7-9;2*1-7(2)8-5-3-4-6-8;1-6(2)7-4-3-5-7/h2*8H,3-7H2,1-2H3;7H,3-6H2,1-2H3;3-4,7H,5-6H2,1-2H3;6H,3-5H2,1-2H3. The molecule has 0 atom stereocenters. The molecule has 41 heavy (non-hydrogen) atoms. The Morgan fingerprint density at radius 3 is 0.659 bits per heavy atom. The van der Waals surface area contributed by atoms with Crippen molar-refractivity contribution in [1.29, 1.82) is 0 Å². The molecule has 0 unspecified atom stereocenters. The molecule has 0 bridgehead atoms. The van der Waals surface area contributed by atoms with Crippen LogP contribution in [0.1, 0.15) is 127 Å². The van der Waals surface area contributed by atoms with E-state index in [2.05, 4.69) is 106 Å². The first kappa shape index (κ1) is 38.6. The van der Waals surface area contributed by atoms with Gasteiger partial charge in [-0.2, -0.15) is 0 Å². The Bertz CT molecular complexity index is 571. The van der Waals surface area contributed by atoms with Crippen molar-refractivity contribution >= 4 is 0 Å². The molecule has 0 aromatic heterocycles. The van der Waals surface area contributed by atoms with Crippen LogP contribution in [-0.2, 0) is 0 Å². The Kier molecular flexibility index (Phi) is 21.6. The largest absolute Gasteiger partial charge is 0.301 e. The van der Waals surface area contributed by atoms with Crippen molar-refractivity contribution in [3.63, 3.8) is 0 Å². The van der Waals surface area contributed by atoms with Crippen molar-refractivity contribution in [1.82, 2.24) is 24.5 Å². The van der Waals surface area contributed by atoms with E-state index in [1.165, 1.54) is 110 Å². The molecule has 5 nitrogen and oxygen atoms in total. The number of likely N-dealkylation sites (tertiary alicyclic amines) is 4. The van der Waals surface area contributed by atoms with Crippen molar-refractivity contribution in [2.45, 2.75) is 157 Å². The van der Waals surface area contributed by atoms with Gasteiger partial charge in [-0.05, 0) is 167 Å². The Balaban J connectivity index is 0.000000257. The zero-order valence-electron chi connectivity index (χ0n) is 29.7. The smallest absolute Gasteiger partial charge is 0.0169 e. The minimum absolute atomic E-state index is 0.713. The summed E-state index contributed by atoms with van der Waals surface area (Å²) in [4.78, 5) is 12.5. The molecule has 4 saturated heterocycles. The topological polar surface area (TPSA) is 16.2 Å². The Morgan fingerprint density at radius 2 is 0.512 bits per heavy atom. The summed E-state index contributed by atoms with van der Waals surface area (Å²) in [6.45, 7) is 35.6. The highest BCUT2D eigenvalue weighted by atomic mass is 15.2. The summed E-state index contributed by atoms with van der Waals surface area (Å²) < 4.78 is 0. The van der Waals surface area contributed by atoms with Crippen LogP contribution >= 0.6 is 0 Å². The van der Waals surface area contributed by atoms with Crippen LogP contribution in [0.15, 0.2) is 12.2 Å². The summed E-state index contributed by atoms with van der Waals surface area (Å²) in [5, 5.41) is 0. The molecule has 0 saturated carbocycles. The molecule has 5 aliphatic heterocycles. The molecular formula is C36H75N5. The summed E-state index contributed by atoms with van der Waals surface area (Å²) in [5.74, 6) is 0. The number of hydrogen-bond acceptors (Lipinski definition) is 5. The zero-order chi connectivity index (χ0) is 30.6. The van der Waals surface area contributed by atoms with E-state index in [9.17, 15) is 0 Å². The van der Waals surface area contributed by atoms with Gasteiger partial charge in [0.25, 0.3) is 0 Å². The van der Waals surface area contributed by atoms with Gasteiger partial charge in [0, 0.05) is 43.3 Å². The molecule has 5 heteroatoms. The molecule has 0 aliphatic carbocycles. The molecule has 244 valence electrons. The monoisotopic (exact) mass is 578 g/mol. The number of rotatable bonds is 5. The molecular weight excluding hydrogens is 502 g/mol. The van der Waals surface area contributed by atoms with E-state index in [4.69, 9.17) is 0 Å². The summed E-state index contributed by atoms with van der Waals surface area (Å²) in [5.41, 5.74) is 0. The zero-order valence-corrected chi connectivity index (χ0v) is 29.7. The second-order valence-electron chi connectivity index (χ2n) is 14.2. The molecule has 0 aromatic carbocycles. The fourth-order valence-electron chi connectivity index (χ4n) is 5.90. The quantitative estimate of drug-likeness (QED) is 0.312. The van der Waals surface area contributed by atoms with E-state index in [1.807, 2.05) is 0 Å². The lowest BCUT2D eigenvalue weighted by atomic mass is 10.1. The number of hydrogen-bond donors (Lipinski definition) is 0. The second kappa shape index (κ2) is 23.0. The second-order valence-corrected chi connectivity index (χ2v) is 14.2. The fourth-order valence-corrected chi connectivity index (χ4v) is 5.90. The van der Waals surface area contributed by atoms with Crippen LogP contribution in [0.5, 0.6) is 0 Å². The van der Waals surface area contributed by atoms with E-state index in [0.717, 1.165) is 37.3 Å². The number of nitrogens with zero attached hydrogens (tertiary/aromatic N) is 5. The van der Waals surface area contributed by atoms with Gasteiger partial charge in [0.05, 0.1) is 0 Å². The molecule has 5 rings (SSSR count). The molecule has 5 heterocycles. The molecule has 0 N–H and O–H groups in total. The first-order valence-corrected chi connectivity index (χ1v) is 17.9. The van der Waals surface area contributed by atoms with Crippen LogP contribution in [0.2, 0.25) is 0 Å². The highest BCUT2D eigenvalue weighted by Crippen LogP contribution is 2.12. The Labute approximate surface area is 259 Å². The van der Waals surface area contributed by atoms with Gasteiger partial charge in [0.15, 0.2) is 0 Å². The van der Waals surface area contributed by atoms with E-state index in [-0.39, 0.29) is 0 Å². The van der Waals surface area contributed by atoms with E-state index in [0.29, 0.717) is 6.04 Å². The third kappa shape index (κ3) is 18.1. The molecule has 0 aromatic rings. The average Bonchev–Trinajstić information content (AvgIpc) is 3.65. The average molecular weight is 578 g/mol. The predicted octanol–water partition coefficient (Wildman–Crippen LogP) is 7.62. The lowest BCUT2D eigenvalue weighted by molar-refractivity contribution is 0.138. The molecule has 0 radical (unpaired) electrons. The van der Waals surface area contributed by atoms with Crippen molar-refractivity contribution in [2.24, 2.45) is 0 Å². The third-order valence-corrected chi connectivity index (χ3v) is 9.31. The third-order valence-electron chi connectivity index (χ3n) is 9.31. The first-order chi connectivity index (χ1) is 19.5. The van der Waals surface area contributed by atoms with Gasteiger partial charge < -0.3 is 19.6 Å². The molecule has 5 aliphatic rings. The van der Waals surface area contributed by atoms with Gasteiger partial charge >= 0.3 is 0 Å². The lowest BCUT2D eigenvalue weighted by Gasteiger charge is -2.34. The van der Waals surface area contributed by atoms with E-state index >= 15 is 0 Å². The van der Waals surface area contributed by atoms with Gasteiger partial charge in [0.1, 0.15) is 0 Å². The maximum Gasteiger partial charge on any atom is 0.0169 e. The highest BCUT2D eigenvalue weighted by Gasteiger charge is 2.16. The molecule has 0 amide bonds. The summed E-state index contributed by atoms with van der Waals surface area (Å²) in [7, 11) is 0. The minimum atomic E-state index is 0.713. The Hall–Kier alpha value is -0.460. The van der Waals surface area contributed by atoms with Crippen LogP contribution in [0.25, 0.3) is 0 Å². The van der Waals surface area contributed by atoms with Gasteiger partial charge in [-0.1, -0.05) is 25.0 Å². The van der Waals surface area contributed by atoms with Gasteiger partial charge in [-0.25, -0.2) is 0 Å². The molecule has 0 spiro atoms. The van der Waals surface area contributed by atoms with Gasteiger partial charge in [-0.15, -0.1) is 0 Å². The van der Waals surface area contributed by atoms with Gasteiger partial charge in [-0.3, -0.25) is 4.90 Å². The minimum Gasteiger partial charge on any atom is -0.301 e. The summed E-state index contributed by atoms with van der Waals surface area (Å²) in [6, 6.07) is 3.81. The normalized spacial score (nSPS) is 22.5. The van der Waals surface area contributed by atoms with Crippen LogP contribution in [0, 0.1) is 0 Å². The molecule has 4 fully saturated rings. The number of piperidine rings is 2. The van der Waals surface area contributed by atoms with Crippen LogP contribution in [0.4, 0.5) is 0 Å². The Morgan fingerprint density at radius 1 is 0.293 bits per heavy atom. The van der Waals surface area contributed by atoms with Crippen molar-refractivity contribution < 1.29 is 0 Å². The predicted molar refractivity (Wildman–Crippen MR) is 184 cm³/mol.